The minimum absolute atomic E-state index is 0.211. The Hall–Kier alpha value is -2.69. The second kappa shape index (κ2) is 8.82. The molecule has 0 fully saturated rings. The fourth-order valence-corrected chi connectivity index (χ4v) is 2.05. The molecule has 2 rings (SSSR count). The number of carbonyl (C=O) groups excluding carboxylic acids is 1. The van der Waals surface area contributed by atoms with E-state index >= 15 is 0 Å². The zero-order valence-electron chi connectivity index (χ0n) is 13.4. The number of amides is 1. The number of nitrogens with one attached hydrogen (secondary N) is 1. The molecule has 5 heteroatoms. The molecule has 0 bridgehead atoms. The van der Waals surface area contributed by atoms with Crippen LogP contribution in [0.25, 0.3) is 6.08 Å². The van der Waals surface area contributed by atoms with Crippen LogP contribution in [0.5, 0.6) is 0 Å². The number of aryl methyl sites for hydroxylation is 1. The molecular formula is C19H19F2NO2. The SMILES string of the molecule is Cc1cc(C=CCCNC(=O)OCc2ccccc2)c(F)cc1F. The fourth-order valence-electron chi connectivity index (χ4n) is 2.05. The van der Waals surface area contributed by atoms with Crippen molar-refractivity contribution in [2.75, 3.05) is 6.54 Å². The number of carbonyl (C=O) groups is 1. The van der Waals surface area contributed by atoms with E-state index in [1.807, 2.05) is 30.3 Å². The predicted octanol–water partition coefficient (Wildman–Crippen LogP) is 4.60. The Morgan fingerprint density at radius 2 is 1.92 bits per heavy atom. The molecule has 0 aromatic heterocycles. The molecule has 0 saturated heterocycles. The van der Waals surface area contributed by atoms with Crippen LogP contribution < -0.4 is 5.32 Å². The zero-order valence-corrected chi connectivity index (χ0v) is 13.4. The zero-order chi connectivity index (χ0) is 17.4. The molecule has 1 amide bonds. The molecule has 126 valence electrons. The van der Waals surface area contributed by atoms with Crippen molar-refractivity contribution < 1.29 is 18.3 Å². The van der Waals surface area contributed by atoms with E-state index in [1.54, 1.807) is 19.1 Å². The van der Waals surface area contributed by atoms with E-state index in [0.29, 0.717) is 24.1 Å². The lowest BCUT2D eigenvalue weighted by atomic mass is 10.1. The molecule has 2 aromatic rings. The molecule has 0 saturated carbocycles. The van der Waals surface area contributed by atoms with Gasteiger partial charge in [0.25, 0.3) is 0 Å². The Labute approximate surface area is 140 Å². The van der Waals surface area contributed by atoms with Crippen LogP contribution in [-0.4, -0.2) is 12.6 Å². The maximum absolute atomic E-state index is 13.5. The quantitative estimate of drug-likeness (QED) is 0.786. The van der Waals surface area contributed by atoms with E-state index in [-0.39, 0.29) is 6.61 Å². The fraction of sp³-hybridized carbons (Fsp3) is 0.211. The Kier molecular flexibility index (Phi) is 6.49. The molecule has 0 spiro atoms. The summed E-state index contributed by atoms with van der Waals surface area (Å²) in [7, 11) is 0. The van der Waals surface area contributed by atoms with Crippen molar-refractivity contribution in [3.63, 3.8) is 0 Å². The summed E-state index contributed by atoms with van der Waals surface area (Å²) in [5, 5.41) is 2.61. The van der Waals surface area contributed by atoms with Gasteiger partial charge >= 0.3 is 6.09 Å². The van der Waals surface area contributed by atoms with Crippen molar-refractivity contribution in [1.29, 1.82) is 0 Å². The first-order valence-electron chi connectivity index (χ1n) is 7.63. The summed E-state index contributed by atoms with van der Waals surface area (Å²) in [5.74, 6) is -1.17. The van der Waals surface area contributed by atoms with Crippen molar-refractivity contribution >= 4 is 12.2 Å². The van der Waals surface area contributed by atoms with E-state index in [2.05, 4.69) is 5.32 Å². The van der Waals surface area contributed by atoms with Gasteiger partial charge in [0, 0.05) is 18.2 Å². The average Bonchev–Trinajstić information content (AvgIpc) is 2.58. The number of hydrogen-bond acceptors (Lipinski definition) is 2. The van der Waals surface area contributed by atoms with E-state index in [9.17, 15) is 13.6 Å². The van der Waals surface area contributed by atoms with Crippen molar-refractivity contribution in [2.45, 2.75) is 20.0 Å². The molecular weight excluding hydrogens is 312 g/mol. The number of halogens is 2. The molecule has 1 N–H and O–H groups in total. The van der Waals surface area contributed by atoms with Crippen LogP contribution in [-0.2, 0) is 11.3 Å². The van der Waals surface area contributed by atoms with Crippen LogP contribution in [0.3, 0.4) is 0 Å². The van der Waals surface area contributed by atoms with E-state index in [4.69, 9.17) is 4.74 Å². The largest absolute Gasteiger partial charge is 0.445 e. The normalized spacial score (nSPS) is 10.8. The molecule has 24 heavy (non-hydrogen) atoms. The van der Waals surface area contributed by atoms with Crippen LogP contribution in [0.2, 0.25) is 0 Å². The maximum Gasteiger partial charge on any atom is 0.407 e. The van der Waals surface area contributed by atoms with Crippen LogP contribution >= 0.6 is 0 Å². The Balaban J connectivity index is 1.70. The highest BCUT2D eigenvalue weighted by Gasteiger charge is 2.04. The first kappa shape index (κ1) is 17.7. The molecule has 2 aromatic carbocycles. The van der Waals surface area contributed by atoms with Crippen molar-refractivity contribution in [2.24, 2.45) is 0 Å². The van der Waals surface area contributed by atoms with E-state index in [0.717, 1.165) is 11.6 Å². The number of ether oxygens (including phenoxy) is 1. The number of benzene rings is 2. The average molecular weight is 331 g/mol. The van der Waals surface area contributed by atoms with Gasteiger partial charge in [-0.05, 0) is 30.5 Å². The highest BCUT2D eigenvalue weighted by Crippen LogP contribution is 2.15. The summed E-state index contributed by atoms with van der Waals surface area (Å²) in [6.45, 7) is 2.16. The molecule has 0 aliphatic heterocycles. The standard InChI is InChI=1S/C19H19F2NO2/c1-14-11-16(18(21)12-17(14)20)9-5-6-10-22-19(23)24-13-15-7-3-2-4-8-15/h2-5,7-9,11-12H,6,10,13H2,1H3,(H,22,23). The van der Waals surface area contributed by atoms with Crippen molar-refractivity contribution in [3.05, 3.63) is 76.9 Å². The highest BCUT2D eigenvalue weighted by atomic mass is 19.1. The third-order valence-electron chi connectivity index (χ3n) is 3.37. The Morgan fingerprint density at radius 1 is 1.17 bits per heavy atom. The van der Waals surface area contributed by atoms with Crippen LogP contribution in [0.4, 0.5) is 13.6 Å². The number of hydrogen-bond donors (Lipinski definition) is 1. The summed E-state index contributed by atoms with van der Waals surface area (Å²) in [6, 6.07) is 11.7. The minimum atomic E-state index is -0.607. The van der Waals surface area contributed by atoms with Gasteiger partial charge in [0.05, 0.1) is 0 Å². The van der Waals surface area contributed by atoms with Crippen LogP contribution in [0.15, 0.2) is 48.5 Å². The third-order valence-corrected chi connectivity index (χ3v) is 3.37. The van der Waals surface area contributed by atoms with E-state index in [1.165, 1.54) is 6.07 Å². The lowest BCUT2D eigenvalue weighted by Crippen LogP contribution is -2.24. The summed E-state index contributed by atoms with van der Waals surface area (Å²) >= 11 is 0. The highest BCUT2D eigenvalue weighted by molar-refractivity contribution is 5.67. The lowest BCUT2D eigenvalue weighted by Gasteiger charge is -2.06. The Morgan fingerprint density at radius 3 is 2.67 bits per heavy atom. The van der Waals surface area contributed by atoms with Gasteiger partial charge in [-0.3, -0.25) is 0 Å². The van der Waals surface area contributed by atoms with Gasteiger partial charge in [-0.15, -0.1) is 0 Å². The lowest BCUT2D eigenvalue weighted by molar-refractivity contribution is 0.140. The second-order valence-electron chi connectivity index (χ2n) is 5.30. The molecule has 0 aliphatic rings. The van der Waals surface area contributed by atoms with Crippen LogP contribution in [0, 0.1) is 18.6 Å². The number of rotatable bonds is 6. The monoisotopic (exact) mass is 331 g/mol. The van der Waals surface area contributed by atoms with Gasteiger partial charge in [-0.2, -0.15) is 0 Å². The molecule has 0 aliphatic carbocycles. The van der Waals surface area contributed by atoms with Gasteiger partial charge in [0.2, 0.25) is 0 Å². The van der Waals surface area contributed by atoms with Crippen LogP contribution in [0.1, 0.15) is 23.1 Å². The minimum Gasteiger partial charge on any atom is -0.445 e. The second-order valence-corrected chi connectivity index (χ2v) is 5.30. The van der Waals surface area contributed by atoms with E-state index < -0.39 is 17.7 Å². The topological polar surface area (TPSA) is 38.3 Å². The molecule has 0 heterocycles. The van der Waals surface area contributed by atoms with Gasteiger partial charge in [0.15, 0.2) is 0 Å². The summed E-state index contributed by atoms with van der Waals surface area (Å²) in [5.41, 5.74) is 1.62. The molecule has 3 nitrogen and oxygen atoms in total. The summed E-state index contributed by atoms with van der Waals surface area (Å²) in [4.78, 5) is 11.5. The molecule has 0 radical (unpaired) electrons. The summed E-state index contributed by atoms with van der Waals surface area (Å²) in [6.07, 6.45) is 3.29. The van der Waals surface area contributed by atoms with Gasteiger partial charge in [0.1, 0.15) is 18.2 Å². The molecule has 0 unspecified atom stereocenters. The smallest absolute Gasteiger partial charge is 0.407 e. The predicted molar refractivity (Wildman–Crippen MR) is 89.4 cm³/mol. The van der Waals surface area contributed by atoms with Gasteiger partial charge < -0.3 is 10.1 Å². The van der Waals surface area contributed by atoms with Gasteiger partial charge in [-0.1, -0.05) is 42.5 Å². The first-order chi connectivity index (χ1) is 11.6. The van der Waals surface area contributed by atoms with Gasteiger partial charge in [-0.25, -0.2) is 13.6 Å². The van der Waals surface area contributed by atoms with Crippen molar-refractivity contribution in [1.82, 2.24) is 5.32 Å². The third kappa shape index (κ3) is 5.50. The summed E-state index contributed by atoms with van der Waals surface area (Å²) < 4.78 is 31.8. The first-order valence-corrected chi connectivity index (χ1v) is 7.63. The molecule has 0 atom stereocenters. The Bertz CT molecular complexity index is 715. The van der Waals surface area contributed by atoms with Crippen molar-refractivity contribution in [3.8, 4) is 0 Å². The number of alkyl carbamates (subject to hydrolysis) is 1. The maximum atomic E-state index is 13.5.